The van der Waals surface area contributed by atoms with Gasteiger partial charge in [0, 0.05) is 24.5 Å². The molecule has 0 saturated carbocycles. The molecule has 0 radical (unpaired) electrons. The van der Waals surface area contributed by atoms with Gasteiger partial charge >= 0.3 is 0 Å². The van der Waals surface area contributed by atoms with Crippen molar-refractivity contribution in [1.82, 2.24) is 14.7 Å². The van der Waals surface area contributed by atoms with Crippen LogP contribution in [-0.4, -0.2) is 40.4 Å². The third-order valence-corrected chi connectivity index (χ3v) is 4.60. The summed E-state index contributed by atoms with van der Waals surface area (Å²) in [5.41, 5.74) is 8.33. The lowest BCUT2D eigenvalue weighted by Gasteiger charge is -2.38. The van der Waals surface area contributed by atoms with Crippen LogP contribution in [0.15, 0.2) is 0 Å². The molecule has 0 amide bonds. The maximum absolute atomic E-state index is 6.43. The monoisotopic (exact) mass is 286 g/mol. The van der Waals surface area contributed by atoms with Gasteiger partial charge in [0.25, 0.3) is 0 Å². The molecule has 0 aliphatic rings. The zero-order valence-corrected chi connectivity index (χ0v) is 13.8. The van der Waals surface area contributed by atoms with Crippen LogP contribution in [0.3, 0.4) is 0 Å². The van der Waals surface area contributed by atoms with E-state index in [0.717, 1.165) is 35.8 Å². The quantitative estimate of drug-likeness (QED) is 0.873. The Labute approximate surface area is 121 Å². The minimum atomic E-state index is -0.0848. The van der Waals surface area contributed by atoms with Crippen LogP contribution in [0, 0.1) is 0 Å². The van der Waals surface area contributed by atoms with E-state index < -0.39 is 0 Å². The third kappa shape index (κ3) is 3.30. The van der Waals surface area contributed by atoms with Crippen molar-refractivity contribution in [2.45, 2.75) is 58.7 Å². The average molecular weight is 287 g/mol. The second kappa shape index (κ2) is 6.25. The van der Waals surface area contributed by atoms with Gasteiger partial charge in [0.2, 0.25) is 0 Å². The maximum Gasteiger partial charge on any atom is 0.0850 e. The molecule has 0 aliphatic heterocycles. The van der Waals surface area contributed by atoms with E-state index in [-0.39, 0.29) is 11.6 Å². The molecule has 1 heterocycles. The number of rotatable bonds is 6. The van der Waals surface area contributed by atoms with Crippen molar-refractivity contribution >= 4 is 11.6 Å². The Hall–Kier alpha value is -0.580. The molecule has 2 N–H and O–H groups in total. The first-order chi connectivity index (χ1) is 8.75. The van der Waals surface area contributed by atoms with Gasteiger partial charge in [-0.25, -0.2) is 0 Å². The van der Waals surface area contributed by atoms with Gasteiger partial charge in [-0.3, -0.25) is 4.68 Å². The van der Waals surface area contributed by atoms with Crippen LogP contribution < -0.4 is 5.73 Å². The van der Waals surface area contributed by atoms with Crippen LogP contribution in [0.4, 0.5) is 0 Å². The predicted molar refractivity (Wildman–Crippen MR) is 81.7 cm³/mol. The van der Waals surface area contributed by atoms with Crippen molar-refractivity contribution in [1.29, 1.82) is 0 Å². The minimum Gasteiger partial charge on any atom is -0.326 e. The standard InChI is InChI=1S/C14H27ClN4/c1-7-10-13(15)11(19(8-2)17-10)9-12(16)14(3,4)18(5)6/h12H,7-9,16H2,1-6H3. The lowest BCUT2D eigenvalue weighted by Crippen LogP contribution is -2.54. The zero-order chi connectivity index (χ0) is 14.8. The normalized spacial score (nSPS) is 14.2. The van der Waals surface area contributed by atoms with E-state index >= 15 is 0 Å². The molecule has 0 aliphatic carbocycles. The van der Waals surface area contributed by atoms with E-state index in [1.807, 2.05) is 4.68 Å². The van der Waals surface area contributed by atoms with Crippen molar-refractivity contribution in [3.63, 3.8) is 0 Å². The number of hydrogen-bond acceptors (Lipinski definition) is 3. The van der Waals surface area contributed by atoms with Crippen molar-refractivity contribution in [2.24, 2.45) is 5.73 Å². The van der Waals surface area contributed by atoms with E-state index in [9.17, 15) is 0 Å². The number of hydrogen-bond donors (Lipinski definition) is 1. The molecule has 5 heteroatoms. The highest BCUT2D eigenvalue weighted by atomic mass is 35.5. The van der Waals surface area contributed by atoms with Gasteiger partial charge in [0.1, 0.15) is 0 Å². The van der Waals surface area contributed by atoms with Crippen LogP contribution in [0.2, 0.25) is 5.02 Å². The summed E-state index contributed by atoms with van der Waals surface area (Å²) in [4.78, 5) is 2.15. The number of aromatic nitrogens is 2. The molecule has 0 saturated heterocycles. The fourth-order valence-corrected chi connectivity index (χ4v) is 2.35. The van der Waals surface area contributed by atoms with Crippen LogP contribution in [0.5, 0.6) is 0 Å². The summed E-state index contributed by atoms with van der Waals surface area (Å²) in [7, 11) is 4.10. The Morgan fingerprint density at radius 3 is 2.37 bits per heavy atom. The smallest absolute Gasteiger partial charge is 0.0850 e. The van der Waals surface area contributed by atoms with Gasteiger partial charge in [0.05, 0.1) is 16.4 Å². The predicted octanol–water partition coefficient (Wildman–Crippen LogP) is 2.33. The Balaban J connectivity index is 3.02. The zero-order valence-electron chi connectivity index (χ0n) is 13.0. The first-order valence-corrected chi connectivity index (χ1v) is 7.30. The molecule has 1 aromatic heterocycles. The topological polar surface area (TPSA) is 47.1 Å². The summed E-state index contributed by atoms with van der Waals surface area (Å²) >= 11 is 6.43. The summed E-state index contributed by atoms with van der Waals surface area (Å²) in [5.74, 6) is 0. The highest BCUT2D eigenvalue weighted by Gasteiger charge is 2.30. The van der Waals surface area contributed by atoms with Gasteiger partial charge in [-0.2, -0.15) is 5.10 Å². The summed E-state index contributed by atoms with van der Waals surface area (Å²) in [6.07, 6.45) is 1.59. The van der Waals surface area contributed by atoms with Crippen molar-refractivity contribution in [2.75, 3.05) is 14.1 Å². The largest absolute Gasteiger partial charge is 0.326 e. The van der Waals surface area contributed by atoms with Gasteiger partial charge in [-0.1, -0.05) is 18.5 Å². The number of aryl methyl sites for hydroxylation is 2. The fourth-order valence-electron chi connectivity index (χ4n) is 2.00. The van der Waals surface area contributed by atoms with E-state index in [2.05, 4.69) is 51.8 Å². The third-order valence-electron chi connectivity index (χ3n) is 4.17. The SMILES string of the molecule is CCc1nn(CC)c(CC(N)C(C)(C)N(C)C)c1Cl. The Kier molecular flexibility index (Phi) is 5.42. The highest BCUT2D eigenvalue weighted by molar-refractivity contribution is 6.31. The van der Waals surface area contributed by atoms with Crippen LogP contribution in [0.25, 0.3) is 0 Å². The first kappa shape index (κ1) is 16.5. The number of likely N-dealkylation sites (N-methyl/N-ethyl adjacent to an activating group) is 1. The van der Waals surface area contributed by atoms with Gasteiger partial charge in [-0.15, -0.1) is 0 Å². The lowest BCUT2D eigenvalue weighted by molar-refractivity contribution is 0.156. The molecular formula is C14H27ClN4. The number of halogens is 1. The number of nitrogens with zero attached hydrogens (tertiary/aromatic N) is 3. The second-order valence-electron chi connectivity index (χ2n) is 5.74. The van der Waals surface area contributed by atoms with Crippen LogP contribution in [0.1, 0.15) is 39.1 Å². The molecule has 0 bridgehead atoms. The molecule has 1 rings (SSSR count). The Morgan fingerprint density at radius 1 is 1.37 bits per heavy atom. The van der Waals surface area contributed by atoms with Gasteiger partial charge < -0.3 is 10.6 Å². The van der Waals surface area contributed by atoms with Gasteiger partial charge in [-0.05, 0) is 41.3 Å². The number of nitrogens with two attached hydrogens (primary N) is 1. The molecule has 19 heavy (non-hydrogen) atoms. The fraction of sp³-hybridized carbons (Fsp3) is 0.786. The first-order valence-electron chi connectivity index (χ1n) is 6.92. The molecular weight excluding hydrogens is 260 g/mol. The molecule has 1 atom stereocenters. The van der Waals surface area contributed by atoms with E-state index in [1.54, 1.807) is 0 Å². The summed E-state index contributed by atoms with van der Waals surface area (Å²) in [6, 6.07) is 0.00621. The molecule has 0 aromatic carbocycles. The molecule has 110 valence electrons. The van der Waals surface area contributed by atoms with E-state index in [1.165, 1.54) is 0 Å². The van der Waals surface area contributed by atoms with Gasteiger partial charge in [0.15, 0.2) is 0 Å². The lowest BCUT2D eigenvalue weighted by atomic mass is 9.90. The Morgan fingerprint density at radius 2 is 1.95 bits per heavy atom. The molecule has 4 nitrogen and oxygen atoms in total. The van der Waals surface area contributed by atoms with E-state index in [4.69, 9.17) is 17.3 Å². The maximum atomic E-state index is 6.43. The molecule has 0 spiro atoms. The van der Waals surface area contributed by atoms with Crippen LogP contribution >= 0.6 is 11.6 Å². The van der Waals surface area contributed by atoms with Crippen molar-refractivity contribution in [3.8, 4) is 0 Å². The molecule has 0 fully saturated rings. The highest BCUT2D eigenvalue weighted by Crippen LogP contribution is 2.25. The average Bonchev–Trinajstić information content (AvgIpc) is 2.65. The molecule has 1 unspecified atom stereocenters. The summed E-state index contributed by atoms with van der Waals surface area (Å²) in [6.45, 7) is 9.28. The molecule has 1 aromatic rings. The summed E-state index contributed by atoms with van der Waals surface area (Å²) in [5, 5.41) is 5.33. The van der Waals surface area contributed by atoms with Crippen molar-refractivity contribution < 1.29 is 0 Å². The Bertz CT molecular complexity index is 423. The van der Waals surface area contributed by atoms with Crippen molar-refractivity contribution in [3.05, 3.63) is 16.4 Å². The second-order valence-corrected chi connectivity index (χ2v) is 6.11. The van der Waals surface area contributed by atoms with E-state index in [0.29, 0.717) is 0 Å². The minimum absolute atomic E-state index is 0.00621. The van der Waals surface area contributed by atoms with Crippen LogP contribution in [-0.2, 0) is 19.4 Å². The summed E-state index contributed by atoms with van der Waals surface area (Å²) < 4.78 is 1.98.